The molecule has 0 aliphatic carbocycles. The van der Waals surface area contributed by atoms with Gasteiger partial charge in [0.05, 0.1) is 11.4 Å². The number of benzene rings is 1. The molecule has 1 aliphatic rings. The minimum atomic E-state index is -0.414. The fourth-order valence-corrected chi connectivity index (χ4v) is 2.80. The topological polar surface area (TPSA) is 25.2 Å². The molecule has 0 spiro atoms. The van der Waals surface area contributed by atoms with Crippen LogP contribution < -0.4 is 0 Å². The van der Waals surface area contributed by atoms with Crippen molar-refractivity contribution < 1.29 is 4.39 Å². The van der Waals surface area contributed by atoms with Crippen LogP contribution in [-0.4, -0.2) is 10.7 Å². The third-order valence-corrected chi connectivity index (χ3v) is 4.32. The van der Waals surface area contributed by atoms with Gasteiger partial charge in [-0.15, -0.1) is 0 Å². The van der Waals surface area contributed by atoms with Gasteiger partial charge in [-0.2, -0.15) is 0 Å². The summed E-state index contributed by atoms with van der Waals surface area (Å²) >= 11 is 0. The van der Waals surface area contributed by atoms with Crippen LogP contribution in [0.5, 0.6) is 0 Å². The summed E-state index contributed by atoms with van der Waals surface area (Å²) in [5.74, 6) is -0.177. The first kappa shape index (κ1) is 14.6. The SMILES string of the molecule is CC1=NC(C)(c2cccc(-c3ccc(F)c(C)c3C)n2)C=C1. The third-order valence-electron chi connectivity index (χ3n) is 4.32. The van der Waals surface area contributed by atoms with Gasteiger partial charge in [-0.25, -0.2) is 9.37 Å². The lowest BCUT2D eigenvalue weighted by Gasteiger charge is -2.19. The summed E-state index contributed by atoms with van der Waals surface area (Å²) in [7, 11) is 0. The Labute approximate surface area is 130 Å². The Kier molecular flexibility index (Phi) is 3.44. The molecule has 0 N–H and O–H groups in total. The lowest BCUT2D eigenvalue weighted by Crippen LogP contribution is -2.16. The fourth-order valence-electron chi connectivity index (χ4n) is 2.80. The van der Waals surface area contributed by atoms with Gasteiger partial charge in [0.1, 0.15) is 11.4 Å². The molecule has 3 heteroatoms. The van der Waals surface area contributed by atoms with Crippen molar-refractivity contribution in [3.05, 3.63) is 65.1 Å². The maximum Gasteiger partial charge on any atom is 0.126 e. The molecular weight excluding hydrogens is 275 g/mol. The number of aromatic nitrogens is 1. The average molecular weight is 294 g/mol. The van der Waals surface area contributed by atoms with Crippen molar-refractivity contribution in [3.8, 4) is 11.3 Å². The van der Waals surface area contributed by atoms with Crippen LogP contribution in [0.1, 0.15) is 30.7 Å². The zero-order chi connectivity index (χ0) is 15.9. The highest BCUT2D eigenvalue weighted by atomic mass is 19.1. The van der Waals surface area contributed by atoms with E-state index in [1.165, 1.54) is 6.07 Å². The number of aliphatic imine (C=N–C) groups is 1. The number of pyridine rings is 1. The standard InChI is InChI=1S/C19H19FN2/c1-12-10-11-19(4,22-12)18-7-5-6-17(21-18)15-8-9-16(20)14(3)13(15)2/h5-11H,1-4H3. The zero-order valence-electron chi connectivity index (χ0n) is 13.3. The van der Waals surface area contributed by atoms with E-state index < -0.39 is 5.54 Å². The van der Waals surface area contributed by atoms with Crippen molar-refractivity contribution in [3.63, 3.8) is 0 Å². The molecule has 0 amide bonds. The van der Waals surface area contributed by atoms with Gasteiger partial charge in [0.15, 0.2) is 0 Å². The van der Waals surface area contributed by atoms with Crippen molar-refractivity contribution in [2.24, 2.45) is 4.99 Å². The van der Waals surface area contributed by atoms with E-state index in [1.54, 1.807) is 13.0 Å². The second kappa shape index (κ2) is 5.16. The van der Waals surface area contributed by atoms with E-state index in [-0.39, 0.29) is 5.82 Å². The maximum absolute atomic E-state index is 13.7. The number of nitrogens with zero attached hydrogens (tertiary/aromatic N) is 2. The summed E-state index contributed by atoms with van der Waals surface area (Å²) in [6.45, 7) is 7.77. The van der Waals surface area contributed by atoms with Gasteiger partial charge in [0.2, 0.25) is 0 Å². The largest absolute Gasteiger partial charge is 0.273 e. The van der Waals surface area contributed by atoms with E-state index >= 15 is 0 Å². The second-order valence-corrected chi connectivity index (χ2v) is 5.99. The van der Waals surface area contributed by atoms with Gasteiger partial charge in [0.25, 0.3) is 0 Å². The van der Waals surface area contributed by atoms with Crippen LogP contribution in [0.4, 0.5) is 4.39 Å². The smallest absolute Gasteiger partial charge is 0.126 e. The molecule has 1 aromatic carbocycles. The normalized spacial score (nSPS) is 20.3. The van der Waals surface area contributed by atoms with Gasteiger partial charge in [0, 0.05) is 11.3 Å². The Morgan fingerprint density at radius 1 is 1.00 bits per heavy atom. The summed E-state index contributed by atoms with van der Waals surface area (Å²) in [5, 5.41) is 0. The van der Waals surface area contributed by atoms with Gasteiger partial charge in [-0.05, 0) is 75.2 Å². The van der Waals surface area contributed by atoms with Crippen LogP contribution >= 0.6 is 0 Å². The average Bonchev–Trinajstić information content (AvgIpc) is 2.86. The molecule has 3 rings (SSSR count). The van der Waals surface area contributed by atoms with Crippen LogP contribution in [0.3, 0.4) is 0 Å². The molecule has 1 unspecified atom stereocenters. The first-order valence-corrected chi connectivity index (χ1v) is 7.40. The number of halogens is 1. The molecule has 0 saturated carbocycles. The monoisotopic (exact) mass is 294 g/mol. The molecule has 1 aromatic heterocycles. The van der Waals surface area contributed by atoms with E-state index in [0.717, 1.165) is 28.2 Å². The summed E-state index contributed by atoms with van der Waals surface area (Å²) < 4.78 is 13.7. The molecule has 112 valence electrons. The van der Waals surface area contributed by atoms with Crippen molar-refractivity contribution in [1.29, 1.82) is 0 Å². The lowest BCUT2D eigenvalue weighted by atomic mass is 9.96. The van der Waals surface area contributed by atoms with E-state index in [9.17, 15) is 4.39 Å². The lowest BCUT2D eigenvalue weighted by molar-refractivity contribution is 0.616. The Hall–Kier alpha value is -2.29. The van der Waals surface area contributed by atoms with Gasteiger partial charge >= 0.3 is 0 Å². The molecule has 0 saturated heterocycles. The first-order valence-electron chi connectivity index (χ1n) is 7.40. The number of rotatable bonds is 2. The molecule has 1 atom stereocenters. The highest BCUT2D eigenvalue weighted by Crippen LogP contribution is 2.32. The summed E-state index contributed by atoms with van der Waals surface area (Å²) in [6, 6.07) is 9.23. The predicted octanol–water partition coefficient (Wildman–Crippen LogP) is 4.75. The van der Waals surface area contributed by atoms with Crippen molar-refractivity contribution >= 4 is 5.71 Å². The minimum absolute atomic E-state index is 0.177. The molecule has 0 bridgehead atoms. The predicted molar refractivity (Wildman–Crippen MR) is 88.7 cm³/mol. The highest BCUT2D eigenvalue weighted by molar-refractivity contribution is 5.95. The number of hydrogen-bond donors (Lipinski definition) is 0. The van der Waals surface area contributed by atoms with Crippen LogP contribution in [-0.2, 0) is 5.54 Å². The first-order chi connectivity index (χ1) is 10.4. The van der Waals surface area contributed by atoms with Crippen molar-refractivity contribution in [1.82, 2.24) is 4.98 Å². The van der Waals surface area contributed by atoms with E-state index in [1.807, 2.05) is 38.1 Å². The number of hydrogen-bond acceptors (Lipinski definition) is 2. The summed E-state index contributed by atoms with van der Waals surface area (Å²) in [5.41, 5.74) is 4.91. The Morgan fingerprint density at radius 3 is 2.45 bits per heavy atom. The Morgan fingerprint density at radius 2 is 1.77 bits per heavy atom. The van der Waals surface area contributed by atoms with E-state index in [2.05, 4.69) is 18.0 Å². The van der Waals surface area contributed by atoms with Crippen LogP contribution in [0.15, 0.2) is 47.5 Å². The van der Waals surface area contributed by atoms with Gasteiger partial charge < -0.3 is 0 Å². The van der Waals surface area contributed by atoms with Crippen LogP contribution in [0.25, 0.3) is 11.3 Å². The molecule has 2 aromatic rings. The van der Waals surface area contributed by atoms with E-state index in [0.29, 0.717) is 5.56 Å². The fraction of sp³-hybridized carbons (Fsp3) is 0.263. The molecule has 2 heterocycles. The molecular formula is C19H19FN2. The molecule has 22 heavy (non-hydrogen) atoms. The quantitative estimate of drug-likeness (QED) is 0.784. The van der Waals surface area contributed by atoms with E-state index in [4.69, 9.17) is 4.98 Å². The second-order valence-electron chi connectivity index (χ2n) is 5.99. The van der Waals surface area contributed by atoms with Crippen LogP contribution in [0, 0.1) is 19.7 Å². The Bertz CT molecular complexity index is 805. The Balaban J connectivity index is 2.10. The summed E-state index contributed by atoms with van der Waals surface area (Å²) in [6.07, 6.45) is 4.08. The number of allylic oxidation sites excluding steroid dienone is 1. The molecule has 0 radical (unpaired) electrons. The minimum Gasteiger partial charge on any atom is -0.273 e. The highest BCUT2D eigenvalue weighted by Gasteiger charge is 2.27. The van der Waals surface area contributed by atoms with Crippen molar-refractivity contribution in [2.75, 3.05) is 0 Å². The zero-order valence-corrected chi connectivity index (χ0v) is 13.3. The van der Waals surface area contributed by atoms with Crippen molar-refractivity contribution in [2.45, 2.75) is 33.2 Å². The molecule has 2 nitrogen and oxygen atoms in total. The van der Waals surface area contributed by atoms with Crippen LogP contribution in [0.2, 0.25) is 0 Å². The molecule has 0 fully saturated rings. The van der Waals surface area contributed by atoms with Gasteiger partial charge in [-0.3, -0.25) is 4.99 Å². The third kappa shape index (κ3) is 2.37. The maximum atomic E-state index is 13.7. The van der Waals surface area contributed by atoms with Gasteiger partial charge in [-0.1, -0.05) is 6.07 Å². The summed E-state index contributed by atoms with van der Waals surface area (Å²) in [4.78, 5) is 9.44. The molecule has 1 aliphatic heterocycles.